The number of nitrogens with two attached hydrogens (primary N) is 1. The molecule has 5 nitrogen and oxygen atoms in total. The molecule has 1 unspecified atom stereocenters. The Morgan fingerprint density at radius 1 is 1.17 bits per heavy atom. The zero-order valence-corrected chi connectivity index (χ0v) is 20.5. The summed E-state index contributed by atoms with van der Waals surface area (Å²) >= 11 is 4.85. The highest BCUT2D eigenvalue weighted by atomic mass is 79.9. The van der Waals surface area contributed by atoms with E-state index in [1.54, 1.807) is 26.0 Å². The van der Waals surface area contributed by atoms with E-state index in [0.29, 0.717) is 22.2 Å². The van der Waals surface area contributed by atoms with E-state index in [2.05, 4.69) is 42.0 Å². The first kappa shape index (κ1) is 22.8. The molecule has 3 rings (SSSR count). The van der Waals surface area contributed by atoms with Crippen molar-refractivity contribution in [2.75, 3.05) is 5.32 Å². The lowest BCUT2D eigenvalue weighted by molar-refractivity contribution is -0.128. The van der Waals surface area contributed by atoms with Crippen LogP contribution >= 0.6 is 27.3 Å². The third-order valence-corrected chi connectivity index (χ3v) is 7.40. The van der Waals surface area contributed by atoms with E-state index in [1.165, 1.54) is 11.3 Å². The van der Waals surface area contributed by atoms with Crippen molar-refractivity contribution in [2.24, 2.45) is 17.1 Å². The normalized spacial score (nSPS) is 16.7. The number of nitrogens with one attached hydrogen (secondary N) is 1. The summed E-state index contributed by atoms with van der Waals surface area (Å²) in [6, 6.07) is 7.30. The van der Waals surface area contributed by atoms with Crippen molar-refractivity contribution < 1.29 is 14.3 Å². The first-order chi connectivity index (χ1) is 13.9. The molecule has 0 spiro atoms. The molecule has 3 N–H and O–H groups in total. The Hall–Kier alpha value is -1.86. The fraction of sp³-hybridized carbons (Fsp3) is 0.478. The number of anilines is 1. The standard InChI is InChI=1S/C23H29BrN2O3S/c1-22(2,3)13-6-11-16-17(12-13)30-20(18(16)19(25)27)26-21(28)23(4,5)29-15-9-7-14(24)8-10-15/h7-10,13H,6,11-12H2,1-5H3,(H2,25,27)(H,26,28). The molecule has 1 heterocycles. The molecule has 2 aromatic rings. The number of amides is 2. The van der Waals surface area contributed by atoms with E-state index in [-0.39, 0.29) is 11.3 Å². The van der Waals surface area contributed by atoms with Gasteiger partial charge in [-0.3, -0.25) is 9.59 Å². The van der Waals surface area contributed by atoms with Crippen molar-refractivity contribution in [1.29, 1.82) is 0 Å². The molecule has 30 heavy (non-hydrogen) atoms. The minimum atomic E-state index is -1.12. The molecule has 0 aliphatic heterocycles. The molecule has 0 saturated heterocycles. The number of thiophene rings is 1. The second-order valence-corrected chi connectivity index (χ2v) is 11.4. The summed E-state index contributed by atoms with van der Waals surface area (Å²) in [5, 5.41) is 3.45. The van der Waals surface area contributed by atoms with Crippen LogP contribution in [0.5, 0.6) is 5.75 Å². The zero-order chi connectivity index (χ0) is 22.3. The van der Waals surface area contributed by atoms with Crippen molar-refractivity contribution in [2.45, 2.75) is 59.5 Å². The topological polar surface area (TPSA) is 81.4 Å². The lowest BCUT2D eigenvalue weighted by Crippen LogP contribution is -2.42. The molecular formula is C23H29BrN2O3S. The van der Waals surface area contributed by atoms with Gasteiger partial charge in [0.1, 0.15) is 10.8 Å². The summed E-state index contributed by atoms with van der Waals surface area (Å²) in [5.74, 6) is 0.305. The Morgan fingerprint density at radius 2 is 1.80 bits per heavy atom. The maximum Gasteiger partial charge on any atom is 0.268 e. The van der Waals surface area contributed by atoms with Crippen LogP contribution in [0, 0.1) is 11.3 Å². The Morgan fingerprint density at radius 3 is 2.37 bits per heavy atom. The van der Waals surface area contributed by atoms with Gasteiger partial charge in [0.2, 0.25) is 0 Å². The molecule has 1 aliphatic rings. The summed E-state index contributed by atoms with van der Waals surface area (Å²) in [5.41, 5.74) is 6.23. The molecule has 0 saturated carbocycles. The highest BCUT2D eigenvalue weighted by molar-refractivity contribution is 9.10. The van der Waals surface area contributed by atoms with Gasteiger partial charge in [-0.1, -0.05) is 36.7 Å². The summed E-state index contributed by atoms with van der Waals surface area (Å²) in [6.07, 6.45) is 2.72. The molecule has 2 amide bonds. The molecule has 162 valence electrons. The van der Waals surface area contributed by atoms with Crippen LogP contribution in [-0.2, 0) is 17.6 Å². The van der Waals surface area contributed by atoms with E-state index in [4.69, 9.17) is 10.5 Å². The molecule has 0 radical (unpaired) electrons. The number of carbonyl (C=O) groups is 2. The van der Waals surface area contributed by atoms with Crippen LogP contribution in [0.1, 0.15) is 61.8 Å². The van der Waals surface area contributed by atoms with Crippen LogP contribution in [0.3, 0.4) is 0 Å². The first-order valence-corrected chi connectivity index (χ1v) is 11.7. The fourth-order valence-electron chi connectivity index (χ4n) is 3.77. The van der Waals surface area contributed by atoms with Gasteiger partial charge in [-0.2, -0.15) is 0 Å². The number of carbonyl (C=O) groups excluding carboxylic acids is 2. The number of hydrogen-bond acceptors (Lipinski definition) is 4. The smallest absolute Gasteiger partial charge is 0.268 e. The molecule has 0 bridgehead atoms. The second kappa shape index (κ2) is 8.35. The Balaban J connectivity index is 1.83. The van der Waals surface area contributed by atoms with E-state index >= 15 is 0 Å². The molecule has 0 fully saturated rings. The summed E-state index contributed by atoms with van der Waals surface area (Å²) in [6.45, 7) is 10.1. The van der Waals surface area contributed by atoms with Crippen molar-refractivity contribution in [3.8, 4) is 5.75 Å². The van der Waals surface area contributed by atoms with Crippen molar-refractivity contribution in [3.05, 3.63) is 44.7 Å². The van der Waals surface area contributed by atoms with Gasteiger partial charge < -0.3 is 15.8 Å². The Bertz CT molecular complexity index is 958. The predicted molar refractivity (Wildman–Crippen MR) is 125 cm³/mol. The monoisotopic (exact) mass is 492 g/mol. The van der Waals surface area contributed by atoms with Gasteiger partial charge in [-0.05, 0) is 74.3 Å². The third-order valence-electron chi connectivity index (χ3n) is 5.70. The van der Waals surface area contributed by atoms with Crippen molar-refractivity contribution in [3.63, 3.8) is 0 Å². The van der Waals surface area contributed by atoms with Gasteiger partial charge in [-0.25, -0.2) is 0 Å². The highest BCUT2D eigenvalue weighted by Gasteiger charge is 2.36. The van der Waals surface area contributed by atoms with Crippen LogP contribution in [0.15, 0.2) is 28.7 Å². The van der Waals surface area contributed by atoms with Gasteiger partial charge in [0.15, 0.2) is 5.60 Å². The van der Waals surface area contributed by atoms with Gasteiger partial charge in [0.25, 0.3) is 11.8 Å². The fourth-order valence-corrected chi connectivity index (χ4v) is 5.36. The molecular weight excluding hydrogens is 464 g/mol. The molecule has 1 aromatic carbocycles. The van der Waals surface area contributed by atoms with E-state index in [1.807, 2.05) is 12.1 Å². The number of rotatable bonds is 5. The van der Waals surface area contributed by atoms with Crippen molar-refractivity contribution in [1.82, 2.24) is 0 Å². The third kappa shape index (κ3) is 4.89. The van der Waals surface area contributed by atoms with Crippen LogP contribution in [0.4, 0.5) is 5.00 Å². The number of primary amides is 1. The average Bonchev–Trinajstić information content (AvgIpc) is 2.99. The second-order valence-electron chi connectivity index (χ2n) is 9.40. The summed E-state index contributed by atoms with van der Waals surface area (Å²) < 4.78 is 6.84. The minimum Gasteiger partial charge on any atom is -0.478 e. The minimum absolute atomic E-state index is 0.193. The van der Waals surface area contributed by atoms with E-state index in [9.17, 15) is 9.59 Å². The Labute approximate surface area is 190 Å². The van der Waals surface area contributed by atoms with Gasteiger partial charge in [-0.15, -0.1) is 11.3 Å². The number of hydrogen-bond donors (Lipinski definition) is 2. The number of ether oxygens (including phenoxy) is 1. The van der Waals surface area contributed by atoms with Crippen LogP contribution in [0.2, 0.25) is 0 Å². The molecule has 1 atom stereocenters. The zero-order valence-electron chi connectivity index (χ0n) is 18.1. The number of halogens is 1. The lowest BCUT2D eigenvalue weighted by atomic mass is 9.72. The summed E-state index contributed by atoms with van der Waals surface area (Å²) in [4.78, 5) is 26.4. The summed E-state index contributed by atoms with van der Waals surface area (Å²) in [7, 11) is 0. The van der Waals surface area contributed by atoms with Crippen LogP contribution in [-0.4, -0.2) is 17.4 Å². The number of benzene rings is 1. The average molecular weight is 493 g/mol. The number of fused-ring (bicyclic) bond motifs is 1. The van der Waals surface area contributed by atoms with Gasteiger partial charge in [0, 0.05) is 9.35 Å². The first-order valence-electron chi connectivity index (χ1n) is 10.1. The molecule has 7 heteroatoms. The van der Waals surface area contributed by atoms with Gasteiger partial charge >= 0.3 is 0 Å². The SMILES string of the molecule is CC(C)(Oc1ccc(Br)cc1)C(=O)Nc1sc2c(c1C(N)=O)CCC(C(C)(C)C)C2. The van der Waals surface area contributed by atoms with Crippen LogP contribution < -0.4 is 15.8 Å². The largest absolute Gasteiger partial charge is 0.478 e. The van der Waals surface area contributed by atoms with Crippen molar-refractivity contribution >= 4 is 44.1 Å². The Kier molecular flexibility index (Phi) is 6.35. The maximum atomic E-state index is 13.0. The van der Waals surface area contributed by atoms with E-state index in [0.717, 1.165) is 34.2 Å². The lowest BCUT2D eigenvalue weighted by Gasteiger charge is -2.33. The maximum absolute atomic E-state index is 13.0. The van der Waals surface area contributed by atoms with Crippen LogP contribution in [0.25, 0.3) is 0 Å². The molecule has 1 aromatic heterocycles. The van der Waals surface area contributed by atoms with E-state index < -0.39 is 11.5 Å². The quantitative estimate of drug-likeness (QED) is 0.573. The molecule has 1 aliphatic carbocycles. The highest BCUT2D eigenvalue weighted by Crippen LogP contribution is 2.44. The predicted octanol–water partition coefficient (Wildman–Crippen LogP) is 5.56. The van der Waals surface area contributed by atoms with Gasteiger partial charge in [0.05, 0.1) is 5.56 Å².